The molecule has 0 unspecified atom stereocenters. The van der Waals surface area contributed by atoms with Crippen molar-refractivity contribution < 1.29 is 0 Å². The van der Waals surface area contributed by atoms with E-state index in [4.69, 9.17) is 0 Å². The van der Waals surface area contributed by atoms with Gasteiger partial charge in [0.2, 0.25) is 0 Å². The zero-order valence-corrected chi connectivity index (χ0v) is 12.6. The second kappa shape index (κ2) is 5.91. The Kier molecular flexibility index (Phi) is 4.48. The Morgan fingerprint density at radius 2 is 1.67 bits per heavy atom. The first kappa shape index (κ1) is 13.6. The summed E-state index contributed by atoms with van der Waals surface area (Å²) in [6.45, 7) is 9.28. The van der Waals surface area contributed by atoms with Crippen molar-refractivity contribution in [1.82, 2.24) is 0 Å². The fourth-order valence-electron chi connectivity index (χ4n) is 3.85. The van der Waals surface area contributed by atoms with Crippen molar-refractivity contribution in [3.8, 4) is 0 Å². The minimum absolute atomic E-state index is 0.846. The van der Waals surface area contributed by atoms with Crippen molar-refractivity contribution in [3.63, 3.8) is 0 Å². The Morgan fingerprint density at radius 3 is 2.22 bits per heavy atom. The van der Waals surface area contributed by atoms with Gasteiger partial charge in [0, 0.05) is 0 Å². The first-order valence-electron chi connectivity index (χ1n) is 7.80. The molecule has 0 spiro atoms. The van der Waals surface area contributed by atoms with E-state index in [9.17, 15) is 0 Å². The summed E-state index contributed by atoms with van der Waals surface area (Å²) in [5.41, 5.74) is 8.09. The van der Waals surface area contributed by atoms with Crippen LogP contribution in [-0.4, -0.2) is 0 Å². The summed E-state index contributed by atoms with van der Waals surface area (Å²) >= 11 is 0. The molecule has 0 aliphatic heterocycles. The van der Waals surface area contributed by atoms with Crippen LogP contribution in [0, 0.1) is 13.8 Å². The molecule has 0 atom stereocenters. The summed E-state index contributed by atoms with van der Waals surface area (Å²) in [6.07, 6.45) is 9.52. The topological polar surface area (TPSA) is 0 Å². The predicted octanol–water partition coefficient (Wildman–Crippen LogP) is 5.48. The lowest BCUT2D eigenvalue weighted by Crippen LogP contribution is -2.12. The average molecular weight is 244 g/mol. The third-order valence-electron chi connectivity index (χ3n) is 4.83. The second-order valence-corrected chi connectivity index (χ2v) is 5.91. The number of rotatable bonds is 3. The third-order valence-corrected chi connectivity index (χ3v) is 4.83. The fourth-order valence-corrected chi connectivity index (χ4v) is 3.85. The highest BCUT2D eigenvalue weighted by Crippen LogP contribution is 2.38. The molecule has 0 heteroatoms. The van der Waals surface area contributed by atoms with E-state index in [2.05, 4.69) is 33.8 Å². The van der Waals surface area contributed by atoms with Gasteiger partial charge < -0.3 is 0 Å². The van der Waals surface area contributed by atoms with Crippen LogP contribution in [0.5, 0.6) is 0 Å². The molecule has 0 amide bonds. The lowest BCUT2D eigenvalue weighted by molar-refractivity contribution is 0.440. The molecule has 1 aromatic carbocycles. The van der Waals surface area contributed by atoms with Crippen LogP contribution >= 0.6 is 0 Å². The molecule has 0 N–H and O–H groups in total. The Morgan fingerprint density at radius 1 is 1.00 bits per heavy atom. The molecule has 1 aliphatic rings. The third kappa shape index (κ3) is 2.48. The van der Waals surface area contributed by atoms with Gasteiger partial charge >= 0.3 is 0 Å². The molecule has 0 heterocycles. The van der Waals surface area contributed by atoms with E-state index >= 15 is 0 Å². The zero-order valence-electron chi connectivity index (χ0n) is 12.6. The van der Waals surface area contributed by atoms with Crippen LogP contribution in [-0.2, 0) is 12.8 Å². The Balaban J connectivity index is 2.50. The van der Waals surface area contributed by atoms with Crippen molar-refractivity contribution >= 4 is 0 Å². The molecular weight excluding hydrogens is 216 g/mol. The van der Waals surface area contributed by atoms with Crippen LogP contribution in [0.15, 0.2) is 6.07 Å². The van der Waals surface area contributed by atoms with E-state index in [1.54, 1.807) is 22.3 Å². The Hall–Kier alpha value is -0.780. The SMILES string of the molecule is CCc1cc(C)c(CC)c(C2CCCCC2)c1C. The monoisotopic (exact) mass is 244 g/mol. The van der Waals surface area contributed by atoms with E-state index in [0.29, 0.717) is 0 Å². The van der Waals surface area contributed by atoms with Gasteiger partial charge in [-0.2, -0.15) is 0 Å². The van der Waals surface area contributed by atoms with Gasteiger partial charge in [-0.1, -0.05) is 39.2 Å². The summed E-state index contributed by atoms with van der Waals surface area (Å²) < 4.78 is 0. The molecule has 0 aromatic heterocycles. The van der Waals surface area contributed by atoms with Crippen LogP contribution in [0.1, 0.15) is 79.7 Å². The lowest BCUT2D eigenvalue weighted by atomic mass is 9.77. The predicted molar refractivity (Wildman–Crippen MR) is 80.5 cm³/mol. The van der Waals surface area contributed by atoms with Gasteiger partial charge in [-0.15, -0.1) is 0 Å². The Bertz CT molecular complexity index is 409. The van der Waals surface area contributed by atoms with Crippen LogP contribution in [0.2, 0.25) is 0 Å². The highest BCUT2D eigenvalue weighted by molar-refractivity contribution is 5.47. The molecule has 100 valence electrons. The van der Waals surface area contributed by atoms with Gasteiger partial charge in [-0.05, 0) is 73.3 Å². The molecule has 18 heavy (non-hydrogen) atoms. The second-order valence-electron chi connectivity index (χ2n) is 5.91. The molecule has 1 saturated carbocycles. The molecular formula is C18H28. The first-order chi connectivity index (χ1) is 8.69. The molecule has 0 nitrogen and oxygen atoms in total. The van der Waals surface area contributed by atoms with Crippen LogP contribution in [0.25, 0.3) is 0 Å². The van der Waals surface area contributed by atoms with E-state index in [0.717, 1.165) is 5.92 Å². The average Bonchev–Trinajstić information content (AvgIpc) is 2.41. The van der Waals surface area contributed by atoms with Crippen molar-refractivity contribution in [3.05, 3.63) is 33.9 Å². The molecule has 2 rings (SSSR count). The number of aryl methyl sites for hydroxylation is 2. The zero-order chi connectivity index (χ0) is 13.1. The molecule has 0 bridgehead atoms. The normalized spacial score (nSPS) is 17.1. The molecule has 1 aliphatic carbocycles. The van der Waals surface area contributed by atoms with E-state index in [1.165, 1.54) is 50.5 Å². The van der Waals surface area contributed by atoms with Crippen molar-refractivity contribution in [1.29, 1.82) is 0 Å². The molecule has 1 aromatic rings. The minimum Gasteiger partial charge on any atom is -0.0613 e. The maximum atomic E-state index is 2.43. The summed E-state index contributed by atoms with van der Waals surface area (Å²) in [5.74, 6) is 0.846. The first-order valence-corrected chi connectivity index (χ1v) is 7.80. The maximum absolute atomic E-state index is 2.43. The van der Waals surface area contributed by atoms with Gasteiger partial charge in [0.15, 0.2) is 0 Å². The van der Waals surface area contributed by atoms with E-state index in [-0.39, 0.29) is 0 Å². The quantitative estimate of drug-likeness (QED) is 0.661. The maximum Gasteiger partial charge on any atom is -0.0156 e. The summed E-state index contributed by atoms with van der Waals surface area (Å²) in [6, 6.07) is 2.43. The number of hydrogen-bond acceptors (Lipinski definition) is 0. The number of hydrogen-bond donors (Lipinski definition) is 0. The standard InChI is InChI=1S/C18H28/c1-5-15-12-13(3)17(6-2)18(14(15)4)16-10-8-7-9-11-16/h12,16H,5-11H2,1-4H3. The highest BCUT2D eigenvalue weighted by Gasteiger charge is 2.22. The summed E-state index contributed by atoms with van der Waals surface area (Å²) in [5, 5.41) is 0. The van der Waals surface area contributed by atoms with Gasteiger partial charge in [0.1, 0.15) is 0 Å². The fraction of sp³-hybridized carbons (Fsp3) is 0.667. The van der Waals surface area contributed by atoms with Gasteiger partial charge in [-0.3, -0.25) is 0 Å². The van der Waals surface area contributed by atoms with Crippen LogP contribution < -0.4 is 0 Å². The Labute approximate surface area is 113 Å². The lowest BCUT2D eigenvalue weighted by Gasteiger charge is -2.28. The van der Waals surface area contributed by atoms with Gasteiger partial charge in [0.25, 0.3) is 0 Å². The van der Waals surface area contributed by atoms with Crippen LogP contribution in [0.3, 0.4) is 0 Å². The summed E-state index contributed by atoms with van der Waals surface area (Å²) in [7, 11) is 0. The van der Waals surface area contributed by atoms with Crippen molar-refractivity contribution in [2.24, 2.45) is 0 Å². The number of benzene rings is 1. The molecule has 0 radical (unpaired) electrons. The van der Waals surface area contributed by atoms with Gasteiger partial charge in [0.05, 0.1) is 0 Å². The molecule has 1 fully saturated rings. The van der Waals surface area contributed by atoms with E-state index in [1.807, 2.05) is 0 Å². The largest absolute Gasteiger partial charge is 0.0613 e. The van der Waals surface area contributed by atoms with Gasteiger partial charge in [-0.25, -0.2) is 0 Å². The van der Waals surface area contributed by atoms with Crippen molar-refractivity contribution in [2.45, 2.75) is 78.6 Å². The van der Waals surface area contributed by atoms with E-state index < -0.39 is 0 Å². The summed E-state index contributed by atoms with van der Waals surface area (Å²) in [4.78, 5) is 0. The smallest absolute Gasteiger partial charge is 0.0156 e. The highest BCUT2D eigenvalue weighted by atomic mass is 14.3. The minimum atomic E-state index is 0.846. The van der Waals surface area contributed by atoms with Crippen molar-refractivity contribution in [2.75, 3.05) is 0 Å². The van der Waals surface area contributed by atoms with Crippen LogP contribution in [0.4, 0.5) is 0 Å². The molecule has 0 saturated heterocycles.